The summed E-state index contributed by atoms with van der Waals surface area (Å²) in [7, 11) is 4.07. The highest BCUT2D eigenvalue weighted by Gasteiger charge is 2.14. The molecule has 1 fully saturated rings. The molecule has 1 amide bonds. The van der Waals surface area contributed by atoms with Crippen molar-refractivity contribution in [2.45, 2.75) is 19.4 Å². The van der Waals surface area contributed by atoms with Gasteiger partial charge in [-0.2, -0.15) is 0 Å². The quantitative estimate of drug-likeness (QED) is 0.675. The first kappa shape index (κ1) is 26.7. The molecule has 0 atom stereocenters. The second-order valence-electron chi connectivity index (χ2n) is 6.04. The Morgan fingerprint density at radius 1 is 1.12 bits per heavy atom. The lowest BCUT2D eigenvalue weighted by Gasteiger charge is -2.32. The van der Waals surface area contributed by atoms with Gasteiger partial charge in [-0.1, -0.05) is 12.1 Å². The van der Waals surface area contributed by atoms with Gasteiger partial charge in [0, 0.05) is 44.8 Å². The molecule has 1 saturated heterocycles. The molecular weight excluding hydrogens is 383 g/mol. The van der Waals surface area contributed by atoms with Crippen molar-refractivity contribution in [1.29, 1.82) is 0 Å². The number of carbonyl (C=O) groups is 1. The number of likely N-dealkylation sites (N-methyl/N-ethyl adjacent to an activating group) is 1. The van der Waals surface area contributed by atoms with Gasteiger partial charge in [0.25, 0.3) is 0 Å². The van der Waals surface area contributed by atoms with E-state index in [1.165, 1.54) is 5.56 Å². The lowest BCUT2D eigenvalue weighted by molar-refractivity contribution is -0.116. The van der Waals surface area contributed by atoms with Crippen molar-refractivity contribution in [2.24, 2.45) is 0 Å². The number of amides is 1. The summed E-state index contributed by atoms with van der Waals surface area (Å²) in [5.74, 6) is 0.0898. The Kier molecular flexibility index (Phi) is 15.6. The molecule has 1 aliphatic rings. The van der Waals surface area contributed by atoms with Gasteiger partial charge in [-0.05, 0) is 44.8 Å². The summed E-state index contributed by atoms with van der Waals surface area (Å²) in [6.07, 6.45) is 1.42. The van der Waals surface area contributed by atoms with Crippen LogP contribution < -0.4 is 10.6 Å². The lowest BCUT2D eigenvalue weighted by atomic mass is 10.1. The number of nitrogens with zero attached hydrogens (tertiary/aromatic N) is 2. The number of carbonyl (C=O) groups excluding carboxylic acids is 1. The predicted molar refractivity (Wildman–Crippen MR) is 113 cm³/mol. The fraction of sp³-hybridized carbons (Fsp3) is 0.588. The molecule has 2 N–H and O–H groups in total. The van der Waals surface area contributed by atoms with Crippen LogP contribution >= 0.6 is 37.2 Å². The number of nitrogens with one attached hydrogen (secondary N) is 2. The highest BCUT2D eigenvalue weighted by molar-refractivity contribution is 5.90. The molecule has 0 bridgehead atoms. The summed E-state index contributed by atoms with van der Waals surface area (Å²) in [5, 5.41) is 6.05. The number of piperazine rings is 1. The number of anilines is 1. The van der Waals surface area contributed by atoms with E-state index in [1.54, 1.807) is 0 Å². The maximum absolute atomic E-state index is 11.9. The molecule has 1 aromatic carbocycles. The third-order valence-corrected chi connectivity index (χ3v) is 4.04. The second kappa shape index (κ2) is 14.6. The van der Waals surface area contributed by atoms with Gasteiger partial charge in [0.15, 0.2) is 0 Å². The van der Waals surface area contributed by atoms with Crippen LogP contribution in [0.15, 0.2) is 24.3 Å². The molecule has 1 heterocycles. The van der Waals surface area contributed by atoms with Gasteiger partial charge >= 0.3 is 0 Å². The summed E-state index contributed by atoms with van der Waals surface area (Å²) >= 11 is 0. The van der Waals surface area contributed by atoms with Crippen molar-refractivity contribution in [3.63, 3.8) is 0 Å². The summed E-state index contributed by atoms with van der Waals surface area (Å²) in [5.41, 5.74) is 2.17. The van der Waals surface area contributed by atoms with E-state index in [-0.39, 0.29) is 43.1 Å². The molecule has 25 heavy (non-hydrogen) atoms. The second-order valence-corrected chi connectivity index (χ2v) is 6.04. The molecule has 0 radical (unpaired) electrons. The Bertz CT molecular complexity index is 483. The third-order valence-electron chi connectivity index (χ3n) is 4.04. The molecule has 2 rings (SSSR count). The van der Waals surface area contributed by atoms with Gasteiger partial charge < -0.3 is 15.5 Å². The van der Waals surface area contributed by atoms with Crippen LogP contribution in [0.25, 0.3) is 0 Å². The predicted octanol–water partition coefficient (Wildman–Crippen LogP) is 2.64. The number of rotatable bonds is 7. The van der Waals surface area contributed by atoms with Gasteiger partial charge in [-0.3, -0.25) is 9.69 Å². The van der Waals surface area contributed by atoms with Gasteiger partial charge in [-0.15, -0.1) is 37.2 Å². The smallest absolute Gasteiger partial charge is 0.224 e. The molecule has 0 saturated carbocycles. The zero-order valence-electron chi connectivity index (χ0n) is 15.0. The van der Waals surface area contributed by atoms with Crippen molar-refractivity contribution in [3.8, 4) is 0 Å². The third kappa shape index (κ3) is 10.2. The Morgan fingerprint density at radius 3 is 2.44 bits per heavy atom. The fourth-order valence-electron chi connectivity index (χ4n) is 2.66. The summed E-state index contributed by atoms with van der Waals surface area (Å²) in [4.78, 5) is 16.7. The van der Waals surface area contributed by atoms with Crippen LogP contribution in [0.3, 0.4) is 0 Å². The first-order valence-electron chi connectivity index (χ1n) is 8.11. The van der Waals surface area contributed by atoms with Crippen LogP contribution in [0, 0.1) is 0 Å². The zero-order chi connectivity index (χ0) is 15.8. The highest BCUT2D eigenvalue weighted by Crippen LogP contribution is 2.14. The normalized spacial score (nSPS) is 14.6. The summed E-state index contributed by atoms with van der Waals surface area (Å²) < 4.78 is 0. The monoisotopic (exact) mass is 412 g/mol. The number of benzene rings is 1. The largest absolute Gasteiger partial charge is 0.326 e. The van der Waals surface area contributed by atoms with Crippen LogP contribution in [0.5, 0.6) is 0 Å². The molecular formula is C17H31Cl3N4O. The van der Waals surface area contributed by atoms with Crippen LogP contribution in [-0.2, 0) is 11.3 Å². The van der Waals surface area contributed by atoms with E-state index in [9.17, 15) is 4.79 Å². The van der Waals surface area contributed by atoms with Gasteiger partial charge in [0.05, 0.1) is 0 Å². The average molecular weight is 414 g/mol. The first-order chi connectivity index (χ1) is 10.7. The maximum atomic E-state index is 11.9. The van der Waals surface area contributed by atoms with Crippen molar-refractivity contribution < 1.29 is 4.79 Å². The summed E-state index contributed by atoms with van der Waals surface area (Å²) in [6, 6.07) is 8.21. The Morgan fingerprint density at radius 2 is 1.80 bits per heavy atom. The number of hydrogen-bond donors (Lipinski definition) is 2. The molecule has 0 aliphatic carbocycles. The van der Waals surface area contributed by atoms with Crippen LogP contribution in [0.2, 0.25) is 0 Å². The van der Waals surface area contributed by atoms with Crippen LogP contribution in [0.4, 0.5) is 5.69 Å². The Labute approximate surface area is 170 Å². The standard InChI is InChI=1S/C17H28N4O.3ClH/c1-18-8-4-7-17(22)19-16-6-3-5-15(13-16)14-21-11-9-20(2)10-12-21;;;/h3,5-6,13,18H,4,7-12,14H2,1-2H3,(H,19,22);3*1H. The van der Waals surface area contributed by atoms with E-state index >= 15 is 0 Å². The van der Waals surface area contributed by atoms with Crippen molar-refractivity contribution in [3.05, 3.63) is 29.8 Å². The van der Waals surface area contributed by atoms with E-state index in [0.717, 1.165) is 51.4 Å². The molecule has 0 aromatic heterocycles. The molecule has 5 nitrogen and oxygen atoms in total. The first-order valence-corrected chi connectivity index (χ1v) is 8.11. The van der Waals surface area contributed by atoms with Crippen molar-refractivity contribution >= 4 is 48.8 Å². The van der Waals surface area contributed by atoms with Gasteiger partial charge in [0.1, 0.15) is 0 Å². The average Bonchev–Trinajstić information content (AvgIpc) is 2.50. The van der Waals surface area contributed by atoms with E-state index in [1.807, 2.05) is 19.2 Å². The SMILES string of the molecule is CNCCCC(=O)Nc1cccc(CN2CCN(C)CC2)c1.Cl.Cl.Cl. The van der Waals surface area contributed by atoms with Gasteiger partial charge in [-0.25, -0.2) is 0 Å². The summed E-state index contributed by atoms with van der Waals surface area (Å²) in [6.45, 7) is 6.30. The van der Waals surface area contributed by atoms with Gasteiger partial charge in [0.2, 0.25) is 5.91 Å². The minimum Gasteiger partial charge on any atom is -0.326 e. The molecule has 146 valence electrons. The minimum atomic E-state index is 0. The molecule has 0 spiro atoms. The zero-order valence-corrected chi connectivity index (χ0v) is 17.4. The van der Waals surface area contributed by atoms with Crippen molar-refractivity contribution in [2.75, 3.05) is 52.1 Å². The van der Waals surface area contributed by atoms with Crippen molar-refractivity contribution in [1.82, 2.24) is 15.1 Å². The fourth-order valence-corrected chi connectivity index (χ4v) is 2.66. The Balaban J connectivity index is 0. The molecule has 1 aliphatic heterocycles. The molecule has 0 unspecified atom stereocenters. The minimum absolute atomic E-state index is 0. The number of hydrogen-bond acceptors (Lipinski definition) is 4. The van der Waals surface area contributed by atoms with E-state index in [2.05, 4.69) is 39.6 Å². The Hall–Kier alpha value is -0.560. The highest BCUT2D eigenvalue weighted by atomic mass is 35.5. The lowest BCUT2D eigenvalue weighted by Crippen LogP contribution is -2.43. The van der Waals surface area contributed by atoms with E-state index in [0.29, 0.717) is 6.42 Å². The van der Waals surface area contributed by atoms with E-state index < -0.39 is 0 Å². The van der Waals surface area contributed by atoms with Crippen LogP contribution in [-0.4, -0.2) is 62.5 Å². The molecule has 1 aromatic rings. The molecule has 8 heteroatoms. The van der Waals surface area contributed by atoms with Crippen LogP contribution in [0.1, 0.15) is 18.4 Å². The van der Waals surface area contributed by atoms with E-state index in [4.69, 9.17) is 0 Å². The number of halogens is 3. The topological polar surface area (TPSA) is 47.6 Å². The maximum Gasteiger partial charge on any atom is 0.224 e.